The highest BCUT2D eigenvalue weighted by Crippen LogP contribution is 2.43. The summed E-state index contributed by atoms with van der Waals surface area (Å²) in [5.41, 5.74) is 8.70. The number of alkyl halides is 3. The number of rotatable bonds is 10. The first kappa shape index (κ1) is 35.1. The number of nitrogens with two attached hydrogens (primary N) is 1. The van der Waals surface area contributed by atoms with E-state index in [0.717, 1.165) is 12.8 Å². The molecule has 0 radical (unpaired) electrons. The first-order chi connectivity index (χ1) is 23.9. The summed E-state index contributed by atoms with van der Waals surface area (Å²) >= 11 is 0. The van der Waals surface area contributed by atoms with Crippen LogP contribution < -0.4 is 20.7 Å². The maximum Gasteiger partial charge on any atom is 0.429 e. The number of halogens is 3. The standard InChI is InChI=1S/C35H40F3N7O5/c1-3-49-32(48)27-17-34(20-40-27)9-12-44(13-10-34)29-16-30(42-33(39)41-29)50-31(35(36,37)38)26-7-6-23(15-28(26)45-11-8-21(2)43-45)22-4-5-24(18-46)25(14-22)19-47/h4-8,11,14-16,27,31,40,46-47H,3,9-10,12-13,17-20H2,1-2H3,(H2,39,41,42)/t27-,31-/m0/s1. The van der Waals surface area contributed by atoms with Crippen LogP contribution in [0.25, 0.3) is 16.8 Å². The Balaban J connectivity index is 1.28. The van der Waals surface area contributed by atoms with Gasteiger partial charge in [0.05, 0.1) is 31.2 Å². The number of carbonyl (C=O) groups is 1. The van der Waals surface area contributed by atoms with Gasteiger partial charge in [-0.3, -0.25) is 4.79 Å². The molecular weight excluding hydrogens is 655 g/mol. The highest BCUT2D eigenvalue weighted by Gasteiger charge is 2.46. The van der Waals surface area contributed by atoms with Crippen LogP contribution in [0.1, 0.15) is 54.7 Å². The maximum atomic E-state index is 14.9. The van der Waals surface area contributed by atoms with Crippen molar-refractivity contribution in [3.63, 3.8) is 0 Å². The molecule has 2 fully saturated rings. The van der Waals surface area contributed by atoms with Crippen LogP contribution in [-0.2, 0) is 22.7 Å². The van der Waals surface area contributed by atoms with Gasteiger partial charge in [-0.05, 0) is 79.0 Å². The largest absolute Gasteiger partial charge is 0.465 e. The summed E-state index contributed by atoms with van der Waals surface area (Å²) in [5.74, 6) is -0.475. The number of esters is 1. The Morgan fingerprint density at radius 2 is 1.78 bits per heavy atom. The van der Waals surface area contributed by atoms with E-state index in [-0.39, 0.29) is 53.7 Å². The predicted octanol–water partition coefficient (Wildman–Crippen LogP) is 4.40. The topological polar surface area (TPSA) is 161 Å². The number of aryl methyl sites for hydroxylation is 1. The van der Waals surface area contributed by atoms with Gasteiger partial charge in [-0.1, -0.05) is 24.3 Å². The van der Waals surface area contributed by atoms with Crippen molar-refractivity contribution in [2.75, 3.05) is 36.9 Å². The number of hydrogen-bond acceptors (Lipinski definition) is 11. The van der Waals surface area contributed by atoms with Gasteiger partial charge < -0.3 is 35.6 Å². The fourth-order valence-corrected chi connectivity index (χ4v) is 6.80. The van der Waals surface area contributed by atoms with Gasteiger partial charge in [0.1, 0.15) is 11.9 Å². The first-order valence-electron chi connectivity index (χ1n) is 16.5. The molecule has 1 spiro atoms. The highest BCUT2D eigenvalue weighted by atomic mass is 19.4. The molecule has 50 heavy (non-hydrogen) atoms. The van der Waals surface area contributed by atoms with E-state index in [1.165, 1.54) is 16.8 Å². The molecule has 12 nitrogen and oxygen atoms in total. The molecule has 2 saturated heterocycles. The summed E-state index contributed by atoms with van der Waals surface area (Å²) < 4.78 is 57.0. The molecule has 2 aromatic carbocycles. The average Bonchev–Trinajstić information content (AvgIpc) is 3.72. The number of aromatic nitrogens is 4. The molecule has 0 bridgehead atoms. The number of nitrogens with one attached hydrogen (secondary N) is 1. The van der Waals surface area contributed by atoms with Crippen molar-refractivity contribution < 1.29 is 37.7 Å². The summed E-state index contributed by atoms with van der Waals surface area (Å²) in [4.78, 5) is 22.6. The third-order valence-electron chi connectivity index (χ3n) is 9.48. The maximum absolute atomic E-state index is 14.9. The molecule has 4 aromatic rings. The number of aliphatic hydroxyl groups excluding tert-OH is 2. The van der Waals surface area contributed by atoms with Crippen LogP contribution >= 0.6 is 0 Å². The molecule has 2 aliphatic heterocycles. The average molecular weight is 696 g/mol. The number of aliphatic hydroxyl groups is 2. The van der Waals surface area contributed by atoms with Crippen LogP contribution in [0.3, 0.4) is 0 Å². The van der Waals surface area contributed by atoms with E-state index in [2.05, 4.69) is 20.4 Å². The Bertz CT molecular complexity index is 1840. The lowest BCUT2D eigenvalue weighted by Gasteiger charge is -2.39. The zero-order chi connectivity index (χ0) is 35.6. The Morgan fingerprint density at radius 1 is 1.06 bits per heavy atom. The van der Waals surface area contributed by atoms with E-state index >= 15 is 0 Å². The van der Waals surface area contributed by atoms with E-state index in [1.54, 1.807) is 56.4 Å². The molecule has 2 atom stereocenters. The van der Waals surface area contributed by atoms with Crippen LogP contribution in [0, 0.1) is 12.3 Å². The minimum absolute atomic E-state index is 0.0961. The number of nitrogen functional groups attached to an aromatic ring is 1. The van der Waals surface area contributed by atoms with Gasteiger partial charge in [-0.25, -0.2) is 4.68 Å². The smallest absolute Gasteiger partial charge is 0.429 e. The number of anilines is 2. The van der Waals surface area contributed by atoms with Gasteiger partial charge in [0, 0.05) is 37.5 Å². The van der Waals surface area contributed by atoms with Crippen LogP contribution in [0.4, 0.5) is 24.9 Å². The third kappa shape index (κ3) is 7.39. The minimum atomic E-state index is -4.87. The minimum Gasteiger partial charge on any atom is -0.465 e. The lowest BCUT2D eigenvalue weighted by atomic mass is 9.76. The molecule has 6 rings (SSSR count). The fraction of sp³-hybridized carbons (Fsp3) is 0.429. The van der Waals surface area contributed by atoms with Crippen molar-refractivity contribution in [2.24, 2.45) is 5.41 Å². The molecule has 0 unspecified atom stereocenters. The Hall–Kier alpha value is -4.73. The predicted molar refractivity (Wildman–Crippen MR) is 178 cm³/mol. The van der Waals surface area contributed by atoms with E-state index in [0.29, 0.717) is 66.4 Å². The summed E-state index contributed by atoms with van der Waals surface area (Å²) in [5, 5.41) is 27.1. The molecule has 0 saturated carbocycles. The number of nitrogens with zero attached hydrogens (tertiary/aromatic N) is 5. The van der Waals surface area contributed by atoms with Crippen molar-refractivity contribution in [2.45, 2.75) is 64.6 Å². The number of carbonyl (C=O) groups excluding carboxylic acids is 1. The molecule has 2 aliphatic rings. The highest BCUT2D eigenvalue weighted by molar-refractivity contribution is 5.76. The van der Waals surface area contributed by atoms with Gasteiger partial charge in [-0.15, -0.1) is 0 Å². The number of hydrogen-bond donors (Lipinski definition) is 4. The van der Waals surface area contributed by atoms with Gasteiger partial charge >= 0.3 is 12.1 Å². The molecule has 0 amide bonds. The van der Waals surface area contributed by atoms with Crippen molar-refractivity contribution in [1.82, 2.24) is 25.1 Å². The fourth-order valence-electron chi connectivity index (χ4n) is 6.80. The van der Waals surface area contributed by atoms with Gasteiger partial charge in [0.25, 0.3) is 0 Å². The van der Waals surface area contributed by atoms with Crippen LogP contribution in [-0.4, -0.2) is 74.4 Å². The number of ether oxygens (including phenoxy) is 2. The van der Waals surface area contributed by atoms with E-state index < -0.39 is 12.3 Å². The molecule has 5 N–H and O–H groups in total. The Labute approximate surface area is 287 Å². The molecule has 4 heterocycles. The third-order valence-corrected chi connectivity index (χ3v) is 9.48. The first-order valence-corrected chi connectivity index (χ1v) is 16.5. The molecule has 0 aliphatic carbocycles. The van der Waals surface area contributed by atoms with Crippen molar-refractivity contribution >= 4 is 17.7 Å². The van der Waals surface area contributed by atoms with Gasteiger partial charge in [0.2, 0.25) is 17.9 Å². The second kappa shape index (κ2) is 14.2. The van der Waals surface area contributed by atoms with E-state index in [1.807, 2.05) is 4.90 Å². The molecule has 15 heteroatoms. The monoisotopic (exact) mass is 695 g/mol. The quantitative estimate of drug-likeness (QED) is 0.174. The van der Waals surface area contributed by atoms with Crippen molar-refractivity contribution in [3.05, 3.63) is 77.1 Å². The van der Waals surface area contributed by atoms with E-state index in [9.17, 15) is 28.2 Å². The van der Waals surface area contributed by atoms with E-state index in [4.69, 9.17) is 15.2 Å². The number of piperidine rings is 1. The van der Waals surface area contributed by atoms with Gasteiger partial charge in [0.15, 0.2) is 0 Å². The lowest BCUT2D eigenvalue weighted by Crippen LogP contribution is -2.41. The second-order valence-electron chi connectivity index (χ2n) is 12.8. The Morgan fingerprint density at radius 3 is 2.44 bits per heavy atom. The molecule has 266 valence electrons. The van der Waals surface area contributed by atoms with Crippen molar-refractivity contribution in [3.8, 4) is 22.7 Å². The van der Waals surface area contributed by atoms with Crippen LogP contribution in [0.15, 0.2) is 54.7 Å². The van der Waals surface area contributed by atoms with Crippen LogP contribution in [0.5, 0.6) is 5.88 Å². The SMILES string of the molecule is CCOC(=O)[C@@H]1CC2(CCN(c3cc(O[C@@H](c4ccc(-c5ccc(CO)c(CO)c5)cc4-n4ccc(C)n4)C(F)(F)F)nc(N)n3)CC2)CN1. The summed E-state index contributed by atoms with van der Waals surface area (Å²) in [6.07, 6.45) is -3.62. The Kier molecular flexibility index (Phi) is 10.0. The zero-order valence-electron chi connectivity index (χ0n) is 27.8. The van der Waals surface area contributed by atoms with Crippen LogP contribution in [0.2, 0.25) is 0 Å². The molecule has 2 aromatic heterocycles. The lowest BCUT2D eigenvalue weighted by molar-refractivity contribution is -0.198. The zero-order valence-corrected chi connectivity index (χ0v) is 27.8. The van der Waals surface area contributed by atoms with Crippen molar-refractivity contribution in [1.29, 1.82) is 0 Å². The number of benzene rings is 2. The molecular formula is C35H40F3N7O5. The second-order valence-corrected chi connectivity index (χ2v) is 12.8. The summed E-state index contributed by atoms with van der Waals surface area (Å²) in [6, 6.07) is 12.2. The van der Waals surface area contributed by atoms with Gasteiger partial charge in [-0.2, -0.15) is 28.2 Å². The summed E-state index contributed by atoms with van der Waals surface area (Å²) in [7, 11) is 0. The normalized spacial score (nSPS) is 18.0. The summed E-state index contributed by atoms with van der Waals surface area (Å²) in [6.45, 7) is 5.02.